The average molecular weight is 781 g/mol. The van der Waals surface area contributed by atoms with Crippen molar-refractivity contribution in [2.45, 2.75) is 75.6 Å². The van der Waals surface area contributed by atoms with Crippen molar-refractivity contribution in [2.24, 2.45) is 11.7 Å². The van der Waals surface area contributed by atoms with Crippen molar-refractivity contribution in [1.29, 1.82) is 0 Å². The second-order valence-electron chi connectivity index (χ2n) is 14.4. The molecule has 0 unspecified atom stereocenters. The van der Waals surface area contributed by atoms with Crippen LogP contribution in [0.2, 0.25) is 0 Å². The largest absolute Gasteiger partial charge is 0.478 e. The van der Waals surface area contributed by atoms with Gasteiger partial charge in [-0.3, -0.25) is 14.4 Å². The Bertz CT molecular complexity index is 2160. The number of aromatic carboxylic acids is 1. The molecule has 6 rings (SSSR count). The first kappa shape index (κ1) is 40.1. The van der Waals surface area contributed by atoms with Crippen LogP contribution in [0.5, 0.6) is 0 Å². The van der Waals surface area contributed by atoms with Crippen molar-refractivity contribution in [1.82, 2.24) is 9.29 Å². The standard InChI is InChI=1S/C42H48N6O7S/c1-2-48(34-21-17-30(18-22-34)39(43)49)56(54,55)35-8-6-7-32(27-35)40(50)45-36-23-24-37(47-25-4-3-5-26-47)46-38(36)41(51)44-33-19-13-29(14-20-33)10-9-28-11-15-31(16-12-28)42(52)53/h6-8,11-16,19-20,23-24,27,30,34H,2-5,9-10,17-18,21-22,25-26H2,1H3,(H2,43,49)(H,44,51)(H,45,50)(H,52,53). The minimum Gasteiger partial charge on any atom is -0.478 e. The van der Waals surface area contributed by atoms with Crippen LogP contribution in [0.4, 0.5) is 17.2 Å². The first-order valence-corrected chi connectivity index (χ1v) is 20.6. The highest BCUT2D eigenvalue weighted by atomic mass is 32.2. The Morgan fingerprint density at radius 3 is 2.05 bits per heavy atom. The summed E-state index contributed by atoms with van der Waals surface area (Å²) in [7, 11) is -3.98. The molecule has 5 N–H and O–H groups in total. The van der Waals surface area contributed by atoms with Crippen LogP contribution in [0.1, 0.15) is 94.2 Å². The third-order valence-electron chi connectivity index (χ3n) is 10.7. The summed E-state index contributed by atoms with van der Waals surface area (Å²) in [5.74, 6) is -2.09. The lowest BCUT2D eigenvalue weighted by Crippen LogP contribution is -2.43. The molecule has 0 atom stereocenters. The number of primary amides is 1. The molecule has 1 aromatic heterocycles. The zero-order valence-electron chi connectivity index (χ0n) is 31.4. The molecule has 294 valence electrons. The number of anilines is 3. The molecule has 13 nitrogen and oxygen atoms in total. The summed E-state index contributed by atoms with van der Waals surface area (Å²) in [6, 6.07) is 23.2. The summed E-state index contributed by atoms with van der Waals surface area (Å²) >= 11 is 0. The second kappa shape index (κ2) is 17.9. The topological polar surface area (TPSA) is 192 Å². The molecule has 56 heavy (non-hydrogen) atoms. The molecule has 3 amide bonds. The van der Waals surface area contributed by atoms with Gasteiger partial charge >= 0.3 is 5.97 Å². The van der Waals surface area contributed by atoms with Crippen molar-refractivity contribution in [3.63, 3.8) is 0 Å². The number of pyridine rings is 1. The van der Waals surface area contributed by atoms with Gasteiger partial charge in [-0.15, -0.1) is 0 Å². The van der Waals surface area contributed by atoms with E-state index in [1.165, 1.54) is 28.6 Å². The van der Waals surface area contributed by atoms with E-state index in [2.05, 4.69) is 15.5 Å². The number of nitrogens with one attached hydrogen (secondary N) is 2. The van der Waals surface area contributed by atoms with Gasteiger partial charge in [0.2, 0.25) is 15.9 Å². The molecule has 1 saturated heterocycles. The second-order valence-corrected chi connectivity index (χ2v) is 16.3. The number of carbonyl (C=O) groups excluding carboxylic acids is 3. The Morgan fingerprint density at radius 1 is 0.804 bits per heavy atom. The number of carboxylic acid groups (broad SMARTS) is 1. The Kier molecular flexibility index (Phi) is 12.8. The molecular formula is C42H48N6O7S. The maximum atomic E-state index is 13.9. The quantitative estimate of drug-likeness (QED) is 0.117. The number of aromatic nitrogens is 1. The summed E-state index contributed by atoms with van der Waals surface area (Å²) in [6.07, 6.45) is 6.64. The van der Waals surface area contributed by atoms with E-state index >= 15 is 0 Å². The number of aryl methyl sites for hydroxylation is 2. The first-order valence-electron chi connectivity index (χ1n) is 19.1. The fourth-order valence-corrected chi connectivity index (χ4v) is 9.21. The van der Waals surface area contributed by atoms with Gasteiger partial charge in [0.05, 0.1) is 16.1 Å². The summed E-state index contributed by atoms with van der Waals surface area (Å²) in [6.45, 7) is 3.59. The van der Waals surface area contributed by atoms with E-state index in [0.717, 1.165) is 43.5 Å². The lowest BCUT2D eigenvalue weighted by molar-refractivity contribution is -0.122. The van der Waals surface area contributed by atoms with Crippen molar-refractivity contribution in [3.8, 4) is 0 Å². The third kappa shape index (κ3) is 9.61. The van der Waals surface area contributed by atoms with Gasteiger partial charge in [-0.2, -0.15) is 4.31 Å². The maximum absolute atomic E-state index is 13.9. The van der Waals surface area contributed by atoms with Crippen LogP contribution in [0.3, 0.4) is 0 Å². The molecule has 0 bridgehead atoms. The molecule has 1 saturated carbocycles. The fourth-order valence-electron chi connectivity index (χ4n) is 7.47. The highest BCUT2D eigenvalue weighted by molar-refractivity contribution is 7.89. The number of piperidine rings is 1. The molecule has 0 radical (unpaired) electrons. The van der Waals surface area contributed by atoms with Crippen LogP contribution in [0.25, 0.3) is 0 Å². The normalized spacial score (nSPS) is 17.3. The van der Waals surface area contributed by atoms with Gasteiger partial charge in [-0.05, 0) is 124 Å². The highest BCUT2D eigenvalue weighted by Gasteiger charge is 2.35. The van der Waals surface area contributed by atoms with E-state index in [1.54, 1.807) is 55.5 Å². The number of benzene rings is 3. The Labute approximate surface area is 327 Å². The number of nitrogens with zero attached hydrogens (tertiary/aromatic N) is 3. The summed E-state index contributed by atoms with van der Waals surface area (Å²) in [5.41, 5.74) is 8.60. The zero-order chi connectivity index (χ0) is 39.8. The highest BCUT2D eigenvalue weighted by Crippen LogP contribution is 2.31. The molecule has 14 heteroatoms. The number of amides is 3. The molecule has 2 fully saturated rings. The zero-order valence-corrected chi connectivity index (χ0v) is 32.3. The van der Waals surface area contributed by atoms with Gasteiger partial charge in [0.15, 0.2) is 5.69 Å². The smallest absolute Gasteiger partial charge is 0.335 e. The van der Waals surface area contributed by atoms with Gasteiger partial charge in [0.25, 0.3) is 11.8 Å². The van der Waals surface area contributed by atoms with Crippen LogP contribution >= 0.6 is 0 Å². The van der Waals surface area contributed by atoms with Crippen LogP contribution < -0.4 is 21.3 Å². The predicted octanol–water partition coefficient (Wildman–Crippen LogP) is 6.11. The minimum absolute atomic E-state index is 0.0165. The number of nitrogens with two attached hydrogens (primary N) is 1. The Hall–Kier alpha value is -5.60. The number of sulfonamides is 1. The van der Waals surface area contributed by atoms with E-state index in [9.17, 15) is 27.6 Å². The van der Waals surface area contributed by atoms with E-state index in [4.69, 9.17) is 15.8 Å². The molecule has 4 aromatic rings. The lowest BCUT2D eigenvalue weighted by Gasteiger charge is -2.34. The summed E-state index contributed by atoms with van der Waals surface area (Å²) < 4.78 is 29.2. The predicted molar refractivity (Wildman–Crippen MR) is 214 cm³/mol. The molecule has 2 aliphatic rings. The number of hydrogen-bond donors (Lipinski definition) is 4. The van der Waals surface area contributed by atoms with Crippen molar-refractivity contribution in [2.75, 3.05) is 35.2 Å². The van der Waals surface area contributed by atoms with Crippen LogP contribution in [-0.4, -0.2) is 72.2 Å². The first-order chi connectivity index (χ1) is 26.9. The lowest BCUT2D eigenvalue weighted by atomic mass is 9.85. The van der Waals surface area contributed by atoms with Gasteiger partial charge < -0.3 is 26.4 Å². The van der Waals surface area contributed by atoms with Crippen LogP contribution in [0.15, 0.2) is 89.8 Å². The molecule has 0 spiro atoms. The molecule has 3 aromatic carbocycles. The van der Waals surface area contributed by atoms with E-state index in [-0.39, 0.29) is 51.8 Å². The summed E-state index contributed by atoms with van der Waals surface area (Å²) in [4.78, 5) is 57.3. The van der Waals surface area contributed by atoms with Crippen molar-refractivity contribution >= 4 is 50.9 Å². The molecule has 1 aliphatic carbocycles. The van der Waals surface area contributed by atoms with Gasteiger partial charge in [0.1, 0.15) is 5.82 Å². The fraction of sp³-hybridized carbons (Fsp3) is 0.357. The molecule has 2 heterocycles. The number of carboxylic acids is 1. The van der Waals surface area contributed by atoms with E-state index < -0.39 is 27.8 Å². The van der Waals surface area contributed by atoms with Crippen LogP contribution in [0, 0.1) is 5.92 Å². The van der Waals surface area contributed by atoms with Crippen molar-refractivity contribution in [3.05, 3.63) is 113 Å². The van der Waals surface area contributed by atoms with E-state index in [0.29, 0.717) is 50.0 Å². The molecular weight excluding hydrogens is 733 g/mol. The molecule has 1 aliphatic heterocycles. The number of carbonyl (C=O) groups is 4. The van der Waals surface area contributed by atoms with Crippen LogP contribution in [-0.2, 0) is 27.7 Å². The van der Waals surface area contributed by atoms with Crippen molar-refractivity contribution < 1.29 is 32.7 Å². The Balaban J connectivity index is 1.17. The van der Waals surface area contributed by atoms with Gasteiger partial charge in [-0.1, -0.05) is 37.3 Å². The monoisotopic (exact) mass is 780 g/mol. The third-order valence-corrected chi connectivity index (χ3v) is 12.7. The van der Waals surface area contributed by atoms with E-state index in [1.807, 2.05) is 12.1 Å². The van der Waals surface area contributed by atoms with Gasteiger partial charge in [-0.25, -0.2) is 18.2 Å². The SMILES string of the molecule is CCN(C1CCC(C(N)=O)CC1)S(=O)(=O)c1cccc(C(=O)Nc2ccc(N3CCCCC3)nc2C(=O)Nc2ccc(CCc3ccc(C(=O)O)cc3)cc2)c1. The maximum Gasteiger partial charge on any atom is 0.335 e. The minimum atomic E-state index is -3.98. The number of hydrogen-bond acceptors (Lipinski definition) is 8. The van der Waals surface area contributed by atoms with Gasteiger partial charge in [0, 0.05) is 42.8 Å². The average Bonchev–Trinajstić information content (AvgIpc) is 3.21. The summed E-state index contributed by atoms with van der Waals surface area (Å²) in [5, 5.41) is 14.9. The number of rotatable bonds is 14. The Morgan fingerprint density at radius 2 is 1.45 bits per heavy atom.